The Balaban J connectivity index is 0.00000121. The van der Waals surface area contributed by atoms with Crippen LogP contribution in [0.5, 0.6) is 0 Å². The van der Waals surface area contributed by atoms with Crippen molar-refractivity contribution >= 4 is 0 Å². The van der Waals surface area contributed by atoms with Gasteiger partial charge in [0, 0.05) is 6.54 Å². The quantitative estimate of drug-likeness (QED) is 0.718. The lowest BCUT2D eigenvalue weighted by Crippen LogP contribution is -2.36. The molecular formula is C15H34N2. The molecule has 1 rings (SSSR count). The van der Waals surface area contributed by atoms with E-state index in [1.54, 1.807) is 0 Å². The third kappa shape index (κ3) is 8.62. The van der Waals surface area contributed by atoms with Gasteiger partial charge in [-0.25, -0.2) is 0 Å². The van der Waals surface area contributed by atoms with Crippen LogP contribution in [0.1, 0.15) is 53.9 Å². The van der Waals surface area contributed by atoms with Crippen LogP contribution >= 0.6 is 0 Å². The van der Waals surface area contributed by atoms with Gasteiger partial charge in [-0.15, -0.1) is 0 Å². The molecule has 1 aliphatic heterocycles. The van der Waals surface area contributed by atoms with E-state index in [1.807, 2.05) is 13.8 Å². The number of nitrogens with one attached hydrogen (secondary N) is 1. The SMILES string of the molecule is CC.CCN1CCCC(CCNCC(C)C)C1. The van der Waals surface area contributed by atoms with Gasteiger partial charge in [0.2, 0.25) is 0 Å². The molecule has 0 aromatic carbocycles. The molecule has 2 heteroatoms. The molecule has 1 heterocycles. The first-order valence-corrected chi connectivity index (χ1v) is 7.65. The standard InChI is InChI=1S/C13H28N2.C2H6/c1-4-15-9-5-6-13(11-15)7-8-14-10-12(2)3;1-2/h12-14H,4-11H2,1-3H3;1-2H3. The zero-order chi connectivity index (χ0) is 13.1. The lowest BCUT2D eigenvalue weighted by atomic mass is 9.95. The molecule has 1 saturated heterocycles. The van der Waals surface area contributed by atoms with E-state index in [4.69, 9.17) is 0 Å². The summed E-state index contributed by atoms with van der Waals surface area (Å²) in [5.41, 5.74) is 0. The predicted octanol–water partition coefficient (Wildman–Crippen LogP) is 3.38. The number of piperidine rings is 1. The highest BCUT2D eigenvalue weighted by atomic mass is 15.1. The molecule has 1 unspecified atom stereocenters. The number of likely N-dealkylation sites (tertiary alicyclic amines) is 1. The van der Waals surface area contributed by atoms with Gasteiger partial charge in [-0.1, -0.05) is 34.6 Å². The van der Waals surface area contributed by atoms with Crippen molar-refractivity contribution in [3.05, 3.63) is 0 Å². The van der Waals surface area contributed by atoms with Crippen LogP contribution in [0.4, 0.5) is 0 Å². The molecule has 0 saturated carbocycles. The minimum atomic E-state index is 0.781. The van der Waals surface area contributed by atoms with Crippen molar-refractivity contribution in [1.82, 2.24) is 10.2 Å². The van der Waals surface area contributed by atoms with Crippen molar-refractivity contribution < 1.29 is 0 Å². The Bertz CT molecular complexity index is 157. The molecule has 2 nitrogen and oxygen atoms in total. The van der Waals surface area contributed by atoms with Crippen LogP contribution in [-0.2, 0) is 0 Å². The summed E-state index contributed by atoms with van der Waals surface area (Å²) in [4.78, 5) is 2.59. The largest absolute Gasteiger partial charge is 0.316 e. The molecule has 0 aromatic heterocycles. The summed E-state index contributed by atoms with van der Waals surface area (Å²) >= 11 is 0. The van der Waals surface area contributed by atoms with Gasteiger partial charge in [-0.05, 0) is 57.3 Å². The van der Waals surface area contributed by atoms with Crippen LogP contribution in [0, 0.1) is 11.8 Å². The van der Waals surface area contributed by atoms with Gasteiger partial charge in [-0.3, -0.25) is 0 Å². The third-order valence-corrected chi connectivity index (χ3v) is 3.33. The molecule has 0 radical (unpaired) electrons. The Kier molecular flexibility index (Phi) is 11.0. The Hall–Kier alpha value is -0.0800. The number of hydrogen-bond donors (Lipinski definition) is 1. The minimum Gasteiger partial charge on any atom is -0.316 e. The van der Waals surface area contributed by atoms with E-state index in [0.29, 0.717) is 0 Å². The molecule has 17 heavy (non-hydrogen) atoms. The molecule has 0 spiro atoms. The molecular weight excluding hydrogens is 208 g/mol. The Morgan fingerprint density at radius 2 is 2.00 bits per heavy atom. The Morgan fingerprint density at radius 3 is 2.59 bits per heavy atom. The molecule has 1 aliphatic rings. The zero-order valence-corrected chi connectivity index (χ0v) is 12.8. The van der Waals surface area contributed by atoms with Crippen molar-refractivity contribution in [1.29, 1.82) is 0 Å². The molecule has 1 N–H and O–H groups in total. The van der Waals surface area contributed by atoms with Gasteiger partial charge in [0.15, 0.2) is 0 Å². The van der Waals surface area contributed by atoms with Gasteiger partial charge >= 0.3 is 0 Å². The first-order valence-electron chi connectivity index (χ1n) is 7.65. The lowest BCUT2D eigenvalue weighted by Gasteiger charge is -2.31. The summed E-state index contributed by atoms with van der Waals surface area (Å²) in [6, 6.07) is 0. The van der Waals surface area contributed by atoms with E-state index < -0.39 is 0 Å². The normalized spacial score (nSPS) is 21.2. The van der Waals surface area contributed by atoms with Crippen molar-refractivity contribution in [3.63, 3.8) is 0 Å². The van der Waals surface area contributed by atoms with Crippen LogP contribution in [0.2, 0.25) is 0 Å². The summed E-state index contributed by atoms with van der Waals surface area (Å²) in [6.07, 6.45) is 4.21. The molecule has 1 fully saturated rings. The van der Waals surface area contributed by atoms with E-state index in [9.17, 15) is 0 Å². The van der Waals surface area contributed by atoms with Crippen molar-refractivity contribution in [3.8, 4) is 0 Å². The van der Waals surface area contributed by atoms with Crippen LogP contribution in [0.25, 0.3) is 0 Å². The van der Waals surface area contributed by atoms with E-state index in [0.717, 1.165) is 11.8 Å². The van der Waals surface area contributed by atoms with E-state index >= 15 is 0 Å². The van der Waals surface area contributed by atoms with E-state index in [1.165, 1.54) is 52.0 Å². The summed E-state index contributed by atoms with van der Waals surface area (Å²) < 4.78 is 0. The summed E-state index contributed by atoms with van der Waals surface area (Å²) in [6.45, 7) is 17.1. The average molecular weight is 242 g/mol. The molecule has 0 aromatic rings. The maximum Gasteiger partial charge on any atom is 0.00100 e. The van der Waals surface area contributed by atoms with E-state index in [-0.39, 0.29) is 0 Å². The van der Waals surface area contributed by atoms with Crippen LogP contribution in [0.15, 0.2) is 0 Å². The van der Waals surface area contributed by atoms with Crippen LogP contribution in [-0.4, -0.2) is 37.6 Å². The van der Waals surface area contributed by atoms with Crippen molar-refractivity contribution in [2.45, 2.75) is 53.9 Å². The Morgan fingerprint density at radius 1 is 1.29 bits per heavy atom. The highest BCUT2D eigenvalue weighted by Crippen LogP contribution is 2.18. The first-order chi connectivity index (χ1) is 8.22. The summed E-state index contributed by atoms with van der Waals surface area (Å²) in [5, 5.41) is 3.55. The van der Waals surface area contributed by atoms with Gasteiger partial charge in [0.25, 0.3) is 0 Å². The van der Waals surface area contributed by atoms with Gasteiger partial charge < -0.3 is 10.2 Å². The third-order valence-electron chi connectivity index (χ3n) is 3.33. The average Bonchev–Trinajstić information content (AvgIpc) is 2.37. The second kappa shape index (κ2) is 11.0. The number of hydrogen-bond acceptors (Lipinski definition) is 2. The maximum atomic E-state index is 3.55. The number of nitrogens with zero attached hydrogens (tertiary/aromatic N) is 1. The van der Waals surface area contributed by atoms with Crippen molar-refractivity contribution in [2.24, 2.45) is 11.8 Å². The highest BCUT2D eigenvalue weighted by molar-refractivity contribution is 4.72. The fourth-order valence-corrected chi connectivity index (χ4v) is 2.37. The highest BCUT2D eigenvalue weighted by Gasteiger charge is 2.17. The minimum absolute atomic E-state index is 0.781. The zero-order valence-electron chi connectivity index (χ0n) is 12.8. The van der Waals surface area contributed by atoms with Crippen molar-refractivity contribution in [2.75, 3.05) is 32.7 Å². The Labute approximate surface area is 109 Å². The smallest absolute Gasteiger partial charge is 0.00100 e. The van der Waals surface area contributed by atoms with Crippen LogP contribution in [0.3, 0.4) is 0 Å². The topological polar surface area (TPSA) is 15.3 Å². The molecule has 0 aliphatic carbocycles. The number of rotatable bonds is 6. The molecule has 104 valence electrons. The molecule has 0 bridgehead atoms. The fraction of sp³-hybridized carbons (Fsp3) is 1.00. The van der Waals surface area contributed by atoms with Gasteiger partial charge in [-0.2, -0.15) is 0 Å². The molecule has 0 amide bonds. The summed E-state index contributed by atoms with van der Waals surface area (Å²) in [5.74, 6) is 1.72. The van der Waals surface area contributed by atoms with Crippen LogP contribution < -0.4 is 5.32 Å². The monoisotopic (exact) mass is 242 g/mol. The molecule has 1 atom stereocenters. The summed E-state index contributed by atoms with van der Waals surface area (Å²) in [7, 11) is 0. The van der Waals surface area contributed by atoms with Gasteiger partial charge in [0.05, 0.1) is 0 Å². The maximum absolute atomic E-state index is 3.55. The second-order valence-electron chi connectivity index (χ2n) is 5.29. The first kappa shape index (κ1) is 16.9. The lowest BCUT2D eigenvalue weighted by molar-refractivity contribution is 0.175. The fourth-order valence-electron chi connectivity index (χ4n) is 2.37. The second-order valence-corrected chi connectivity index (χ2v) is 5.29. The van der Waals surface area contributed by atoms with Gasteiger partial charge in [0.1, 0.15) is 0 Å². The predicted molar refractivity (Wildman–Crippen MR) is 78.5 cm³/mol. The van der Waals surface area contributed by atoms with E-state index in [2.05, 4.69) is 31.0 Å².